The highest BCUT2D eigenvalue weighted by Gasteiger charge is 2.50. The first kappa shape index (κ1) is 28.3. The number of ether oxygens (including phenoxy) is 4. The van der Waals surface area contributed by atoms with Gasteiger partial charge in [-0.2, -0.15) is 0 Å². The molecule has 0 aromatic carbocycles. The smallest absolute Gasteiger partial charge is 0.187 e. The van der Waals surface area contributed by atoms with Gasteiger partial charge < -0.3 is 49.6 Å². The highest BCUT2D eigenvalue weighted by molar-refractivity contribution is 5.92. The zero-order valence-electron chi connectivity index (χ0n) is 20.5. The molecule has 0 unspecified atom stereocenters. The van der Waals surface area contributed by atoms with Crippen LogP contribution in [0.5, 0.6) is 0 Å². The van der Waals surface area contributed by atoms with Crippen molar-refractivity contribution < 1.29 is 54.4 Å². The first-order chi connectivity index (χ1) is 16.3. The first-order valence-electron chi connectivity index (χ1n) is 11.8. The molecule has 0 bridgehead atoms. The molecule has 2 aliphatic heterocycles. The van der Waals surface area contributed by atoms with Crippen LogP contribution in [0.25, 0.3) is 0 Å². The molecule has 0 amide bonds. The van der Waals surface area contributed by atoms with Crippen LogP contribution in [0.15, 0.2) is 23.8 Å². The van der Waals surface area contributed by atoms with Crippen molar-refractivity contribution in [2.24, 2.45) is 11.3 Å². The number of aliphatic hydroxyl groups excluding tert-OH is 5. The molecule has 35 heavy (non-hydrogen) atoms. The fourth-order valence-corrected chi connectivity index (χ4v) is 4.80. The van der Waals surface area contributed by atoms with Crippen molar-refractivity contribution in [1.29, 1.82) is 0 Å². The summed E-state index contributed by atoms with van der Waals surface area (Å²) >= 11 is 0. The summed E-state index contributed by atoms with van der Waals surface area (Å²) in [6.45, 7) is 6.24. The molecule has 0 spiro atoms. The Morgan fingerprint density at radius 1 is 1.17 bits per heavy atom. The molecular formula is C24H38O11. The van der Waals surface area contributed by atoms with Crippen molar-refractivity contribution in [2.75, 3.05) is 19.8 Å². The second kappa shape index (κ2) is 11.0. The number of allylic oxidation sites excluding steroid dienone is 3. The molecule has 200 valence electrons. The quantitative estimate of drug-likeness (QED) is 0.219. The van der Waals surface area contributed by atoms with Gasteiger partial charge in [0.05, 0.1) is 25.9 Å². The number of rotatable bonds is 8. The lowest BCUT2D eigenvalue weighted by Crippen LogP contribution is -2.60. The molecule has 2 heterocycles. The second-order valence-electron chi connectivity index (χ2n) is 10.5. The average molecular weight is 503 g/mol. The maximum absolute atomic E-state index is 11.9. The van der Waals surface area contributed by atoms with Gasteiger partial charge in [-0.25, -0.2) is 0 Å². The Balaban J connectivity index is 1.60. The van der Waals surface area contributed by atoms with E-state index in [0.717, 1.165) is 5.57 Å². The number of carbonyl (C=O) groups is 1. The number of carbonyl (C=O) groups excluding carboxylic acids is 1. The summed E-state index contributed by atoms with van der Waals surface area (Å²) in [4.78, 5) is 11.9. The van der Waals surface area contributed by atoms with Crippen LogP contribution >= 0.6 is 0 Å². The van der Waals surface area contributed by atoms with E-state index in [0.29, 0.717) is 6.42 Å². The third kappa shape index (κ3) is 6.19. The molecule has 6 N–H and O–H groups in total. The molecule has 11 nitrogen and oxygen atoms in total. The topological polar surface area (TPSA) is 175 Å². The third-order valence-electron chi connectivity index (χ3n) is 6.95. The van der Waals surface area contributed by atoms with Gasteiger partial charge in [-0.05, 0) is 25.3 Å². The van der Waals surface area contributed by atoms with Crippen molar-refractivity contribution in [3.63, 3.8) is 0 Å². The van der Waals surface area contributed by atoms with Gasteiger partial charge >= 0.3 is 0 Å². The third-order valence-corrected chi connectivity index (χ3v) is 6.95. The minimum atomic E-state index is -1.87. The van der Waals surface area contributed by atoms with Gasteiger partial charge in [0, 0.05) is 12.3 Å². The minimum absolute atomic E-state index is 0.0208. The molecule has 0 aromatic rings. The molecule has 11 heteroatoms. The number of hydrogen-bond donors (Lipinski definition) is 6. The van der Waals surface area contributed by atoms with E-state index in [-0.39, 0.29) is 30.3 Å². The molecule has 3 rings (SSSR count). The fourth-order valence-electron chi connectivity index (χ4n) is 4.80. The predicted molar refractivity (Wildman–Crippen MR) is 121 cm³/mol. The minimum Gasteiger partial charge on any atom is -0.393 e. The Morgan fingerprint density at radius 2 is 1.86 bits per heavy atom. The predicted octanol–water partition coefficient (Wildman–Crippen LogP) is -1.23. The maximum Gasteiger partial charge on any atom is 0.187 e. The van der Waals surface area contributed by atoms with Crippen molar-refractivity contribution in [3.05, 3.63) is 23.8 Å². The van der Waals surface area contributed by atoms with E-state index >= 15 is 0 Å². The van der Waals surface area contributed by atoms with E-state index in [1.54, 1.807) is 19.1 Å². The van der Waals surface area contributed by atoms with Gasteiger partial charge in [0.2, 0.25) is 0 Å². The van der Waals surface area contributed by atoms with E-state index in [1.165, 1.54) is 0 Å². The summed E-state index contributed by atoms with van der Waals surface area (Å²) in [5.74, 6) is 0.116. The number of ketones is 1. The van der Waals surface area contributed by atoms with Crippen LogP contribution in [0, 0.1) is 11.3 Å². The van der Waals surface area contributed by atoms with Gasteiger partial charge in [0.25, 0.3) is 0 Å². The first-order valence-corrected chi connectivity index (χ1v) is 11.8. The Kier molecular flexibility index (Phi) is 8.91. The van der Waals surface area contributed by atoms with Gasteiger partial charge in [0.15, 0.2) is 18.4 Å². The van der Waals surface area contributed by atoms with Crippen molar-refractivity contribution in [1.82, 2.24) is 0 Å². The van der Waals surface area contributed by atoms with Gasteiger partial charge in [-0.1, -0.05) is 31.6 Å². The van der Waals surface area contributed by atoms with E-state index in [2.05, 4.69) is 0 Å². The Hall–Kier alpha value is -1.25. The van der Waals surface area contributed by atoms with Crippen LogP contribution in [-0.4, -0.2) is 111 Å². The lowest BCUT2D eigenvalue weighted by atomic mass is 9.68. The molecule has 1 aliphatic carbocycles. The summed E-state index contributed by atoms with van der Waals surface area (Å²) in [6, 6.07) is 0. The Labute approximate surface area is 204 Å². The van der Waals surface area contributed by atoms with Crippen LogP contribution in [0.4, 0.5) is 0 Å². The lowest BCUT2D eigenvalue weighted by molar-refractivity contribution is -0.314. The maximum atomic E-state index is 11.9. The van der Waals surface area contributed by atoms with Crippen LogP contribution in [0.1, 0.15) is 34.1 Å². The van der Waals surface area contributed by atoms with Crippen molar-refractivity contribution in [3.8, 4) is 0 Å². The molecule has 2 saturated heterocycles. The Morgan fingerprint density at radius 3 is 2.46 bits per heavy atom. The van der Waals surface area contributed by atoms with Gasteiger partial charge in [-0.3, -0.25) is 4.79 Å². The SMILES string of the molecule is CC1=CC(=O)CC(C)(C)[C@H]1C=C[C@@H](C)O[C@@H]1O[C@H](CO[C@@H]2OC[C@](O)(CO)[C@H]2O)[C@@H](O)[C@H](O)[C@H]1O. The summed E-state index contributed by atoms with van der Waals surface area (Å²) in [5.41, 5.74) is -1.18. The summed E-state index contributed by atoms with van der Waals surface area (Å²) in [6.07, 6.45) is -4.60. The molecule has 0 saturated carbocycles. The van der Waals surface area contributed by atoms with E-state index < -0.39 is 61.4 Å². The van der Waals surface area contributed by atoms with Crippen LogP contribution in [0.2, 0.25) is 0 Å². The molecule has 0 radical (unpaired) electrons. The molecule has 10 atom stereocenters. The normalized spacial score (nSPS) is 42.9. The fraction of sp³-hybridized carbons (Fsp3) is 0.792. The van der Waals surface area contributed by atoms with Crippen molar-refractivity contribution in [2.45, 2.75) is 88.9 Å². The zero-order chi connectivity index (χ0) is 26.1. The van der Waals surface area contributed by atoms with Crippen LogP contribution in [0.3, 0.4) is 0 Å². The number of aliphatic hydroxyl groups is 6. The van der Waals surface area contributed by atoms with E-state index in [1.807, 2.05) is 26.8 Å². The monoisotopic (exact) mass is 502 g/mol. The lowest BCUT2D eigenvalue weighted by Gasteiger charge is -2.41. The number of hydrogen-bond acceptors (Lipinski definition) is 11. The summed E-state index contributed by atoms with van der Waals surface area (Å²) in [5, 5.41) is 60.4. The van der Waals surface area contributed by atoms with Gasteiger partial charge in [0.1, 0.15) is 36.1 Å². The van der Waals surface area contributed by atoms with E-state index in [9.17, 15) is 35.4 Å². The average Bonchev–Trinajstić information content (AvgIpc) is 3.06. The van der Waals surface area contributed by atoms with Crippen LogP contribution < -0.4 is 0 Å². The standard InChI is InChI=1S/C24H38O11/c1-12-7-14(26)8-23(3,4)15(12)6-5-13(2)34-21-19(29)18(28)17(27)16(35-21)9-32-22-20(30)24(31,10-25)11-33-22/h5-7,13,15-22,25,27-31H,8-11H2,1-4H3/t13-,15+,16-,17-,18+,19-,20+,21-,22-,24-/m1/s1. The van der Waals surface area contributed by atoms with Crippen LogP contribution in [-0.2, 0) is 23.7 Å². The van der Waals surface area contributed by atoms with Crippen molar-refractivity contribution >= 4 is 5.78 Å². The summed E-state index contributed by atoms with van der Waals surface area (Å²) in [7, 11) is 0. The molecule has 2 fully saturated rings. The largest absolute Gasteiger partial charge is 0.393 e. The van der Waals surface area contributed by atoms with Gasteiger partial charge in [-0.15, -0.1) is 0 Å². The molecular weight excluding hydrogens is 464 g/mol. The highest BCUT2D eigenvalue weighted by atomic mass is 16.7. The molecule has 3 aliphatic rings. The highest BCUT2D eigenvalue weighted by Crippen LogP contribution is 2.40. The molecule has 0 aromatic heterocycles. The summed E-state index contributed by atoms with van der Waals surface area (Å²) < 4.78 is 22.0. The Bertz CT molecular complexity index is 811. The second-order valence-corrected chi connectivity index (χ2v) is 10.5. The zero-order valence-corrected chi connectivity index (χ0v) is 20.5. The van der Waals surface area contributed by atoms with E-state index in [4.69, 9.17) is 18.9 Å².